The lowest BCUT2D eigenvalue weighted by atomic mass is 10.1. The minimum Gasteiger partial charge on any atom is -0.306 e. The highest BCUT2D eigenvalue weighted by atomic mass is 127. The van der Waals surface area contributed by atoms with Crippen LogP contribution in [0.1, 0.15) is 37.4 Å². The molecule has 20 heavy (non-hydrogen) atoms. The number of aromatic amines is 1. The predicted octanol–water partition coefficient (Wildman–Crippen LogP) is 4.10. The lowest BCUT2D eigenvalue weighted by Gasteiger charge is -2.09. The average Bonchev–Trinajstić information content (AvgIpc) is 2.41. The van der Waals surface area contributed by atoms with Crippen molar-refractivity contribution in [3.05, 3.63) is 49.4 Å². The molecule has 3 nitrogen and oxygen atoms in total. The smallest absolute Gasteiger partial charge is 0.264 e. The van der Waals surface area contributed by atoms with E-state index < -0.39 is 6.43 Å². The van der Waals surface area contributed by atoms with Crippen molar-refractivity contribution in [3.63, 3.8) is 0 Å². The molecule has 0 aliphatic rings. The fourth-order valence-electron chi connectivity index (χ4n) is 1.78. The molecule has 0 radical (unpaired) electrons. The van der Waals surface area contributed by atoms with Gasteiger partial charge in [0.25, 0.3) is 12.0 Å². The van der Waals surface area contributed by atoms with Gasteiger partial charge in [-0.1, -0.05) is 38.1 Å². The first-order valence-electron chi connectivity index (χ1n) is 6.08. The zero-order chi connectivity index (χ0) is 14.9. The Bertz CT molecular complexity index is 666. The molecule has 1 aromatic carbocycles. The Morgan fingerprint density at radius 3 is 2.30 bits per heavy atom. The lowest BCUT2D eigenvalue weighted by Crippen LogP contribution is -2.17. The molecular weight excluding hydrogens is 377 g/mol. The van der Waals surface area contributed by atoms with Crippen molar-refractivity contribution in [1.82, 2.24) is 9.97 Å². The molecular formula is C14H13F2IN2O. The van der Waals surface area contributed by atoms with E-state index in [1.54, 1.807) is 0 Å². The molecule has 1 N–H and O–H groups in total. The van der Waals surface area contributed by atoms with Gasteiger partial charge in [0, 0.05) is 11.1 Å². The Kier molecular flexibility index (Phi) is 4.52. The van der Waals surface area contributed by atoms with Gasteiger partial charge in [0.2, 0.25) is 0 Å². The summed E-state index contributed by atoms with van der Waals surface area (Å²) in [6, 6.07) is 5.76. The Morgan fingerprint density at radius 2 is 1.80 bits per heavy atom. The van der Waals surface area contributed by atoms with E-state index in [1.807, 2.05) is 36.4 Å². The van der Waals surface area contributed by atoms with E-state index >= 15 is 0 Å². The van der Waals surface area contributed by atoms with Gasteiger partial charge in [0.1, 0.15) is 5.82 Å². The Hall–Kier alpha value is -1.31. The summed E-state index contributed by atoms with van der Waals surface area (Å²) in [5.41, 5.74) is 1.06. The number of H-pyrrole nitrogens is 1. The number of aromatic nitrogens is 2. The molecule has 0 aliphatic heterocycles. The fourth-order valence-corrected chi connectivity index (χ4v) is 2.66. The van der Waals surface area contributed by atoms with Crippen LogP contribution in [0.3, 0.4) is 0 Å². The SMILES string of the molecule is CC(C)c1nc(-c2ccc(C(F)F)cc2)[nH]c(=O)c1I. The number of benzene rings is 1. The number of rotatable bonds is 3. The summed E-state index contributed by atoms with van der Waals surface area (Å²) in [4.78, 5) is 19.0. The van der Waals surface area contributed by atoms with Crippen molar-refractivity contribution >= 4 is 22.6 Å². The maximum Gasteiger partial charge on any atom is 0.264 e. The van der Waals surface area contributed by atoms with Gasteiger partial charge in [0.15, 0.2) is 0 Å². The van der Waals surface area contributed by atoms with Crippen molar-refractivity contribution in [2.75, 3.05) is 0 Å². The molecule has 106 valence electrons. The summed E-state index contributed by atoms with van der Waals surface area (Å²) in [5, 5.41) is 0. The van der Waals surface area contributed by atoms with Crippen LogP contribution in [-0.2, 0) is 0 Å². The zero-order valence-corrected chi connectivity index (χ0v) is 13.1. The maximum absolute atomic E-state index is 12.5. The Morgan fingerprint density at radius 1 is 1.20 bits per heavy atom. The number of halogens is 3. The van der Waals surface area contributed by atoms with Gasteiger partial charge < -0.3 is 4.98 Å². The van der Waals surface area contributed by atoms with Gasteiger partial charge in [-0.05, 0) is 28.5 Å². The average molecular weight is 390 g/mol. The summed E-state index contributed by atoms with van der Waals surface area (Å²) in [5.74, 6) is 0.517. The van der Waals surface area contributed by atoms with Gasteiger partial charge in [-0.3, -0.25) is 4.79 Å². The monoisotopic (exact) mass is 390 g/mol. The van der Waals surface area contributed by atoms with E-state index in [4.69, 9.17) is 0 Å². The van der Waals surface area contributed by atoms with E-state index in [0.29, 0.717) is 20.7 Å². The first kappa shape index (κ1) is 15.1. The van der Waals surface area contributed by atoms with Crippen molar-refractivity contribution in [2.24, 2.45) is 0 Å². The number of nitrogens with one attached hydrogen (secondary N) is 1. The summed E-state index contributed by atoms with van der Waals surface area (Å²) >= 11 is 1.96. The molecule has 0 saturated carbocycles. The zero-order valence-electron chi connectivity index (χ0n) is 11.0. The number of alkyl halides is 2. The fraction of sp³-hybridized carbons (Fsp3) is 0.286. The van der Waals surface area contributed by atoms with Gasteiger partial charge in [-0.25, -0.2) is 13.8 Å². The molecule has 0 bridgehead atoms. The molecule has 0 spiro atoms. The van der Waals surface area contributed by atoms with Crippen LogP contribution in [0.5, 0.6) is 0 Å². The summed E-state index contributed by atoms with van der Waals surface area (Å²) in [7, 11) is 0. The van der Waals surface area contributed by atoms with Gasteiger partial charge in [-0.2, -0.15) is 0 Å². The van der Waals surface area contributed by atoms with E-state index in [-0.39, 0.29) is 17.0 Å². The van der Waals surface area contributed by atoms with Crippen molar-refractivity contribution in [3.8, 4) is 11.4 Å². The Labute approximate surface area is 128 Å². The molecule has 6 heteroatoms. The van der Waals surface area contributed by atoms with Crippen LogP contribution in [0.4, 0.5) is 8.78 Å². The number of hydrogen-bond acceptors (Lipinski definition) is 2. The molecule has 1 aromatic heterocycles. The summed E-state index contributed by atoms with van der Waals surface area (Å²) < 4.78 is 25.6. The van der Waals surface area contributed by atoms with Crippen LogP contribution in [0.15, 0.2) is 29.1 Å². The van der Waals surface area contributed by atoms with Crippen LogP contribution >= 0.6 is 22.6 Å². The quantitative estimate of drug-likeness (QED) is 0.803. The van der Waals surface area contributed by atoms with Gasteiger partial charge >= 0.3 is 0 Å². The van der Waals surface area contributed by atoms with E-state index in [0.717, 1.165) is 0 Å². The predicted molar refractivity (Wildman–Crippen MR) is 82.1 cm³/mol. The highest BCUT2D eigenvalue weighted by molar-refractivity contribution is 14.1. The van der Waals surface area contributed by atoms with E-state index in [9.17, 15) is 13.6 Å². The maximum atomic E-state index is 12.5. The van der Waals surface area contributed by atoms with Crippen LogP contribution in [0.2, 0.25) is 0 Å². The van der Waals surface area contributed by atoms with Crippen LogP contribution in [-0.4, -0.2) is 9.97 Å². The normalized spacial score (nSPS) is 11.3. The number of hydrogen-bond donors (Lipinski definition) is 1. The van der Waals surface area contributed by atoms with Crippen LogP contribution in [0.25, 0.3) is 11.4 Å². The lowest BCUT2D eigenvalue weighted by molar-refractivity contribution is 0.151. The van der Waals surface area contributed by atoms with Crippen molar-refractivity contribution in [2.45, 2.75) is 26.2 Å². The van der Waals surface area contributed by atoms with Crippen molar-refractivity contribution in [1.29, 1.82) is 0 Å². The molecule has 0 aliphatic carbocycles. The second-order valence-corrected chi connectivity index (χ2v) is 5.77. The van der Waals surface area contributed by atoms with Gasteiger partial charge in [-0.15, -0.1) is 0 Å². The largest absolute Gasteiger partial charge is 0.306 e. The van der Waals surface area contributed by atoms with E-state index in [2.05, 4.69) is 9.97 Å². The molecule has 0 saturated heterocycles. The standard InChI is InChI=1S/C14H13F2IN2O/c1-7(2)11-10(17)14(20)19-13(18-11)9-5-3-8(4-6-9)12(15)16/h3-7,12H,1-2H3,(H,18,19,20). The third kappa shape index (κ3) is 3.05. The van der Waals surface area contributed by atoms with Crippen molar-refractivity contribution < 1.29 is 8.78 Å². The molecule has 0 fully saturated rings. The number of nitrogens with zero attached hydrogens (tertiary/aromatic N) is 1. The third-order valence-corrected chi connectivity index (χ3v) is 3.91. The molecule has 2 aromatic rings. The summed E-state index contributed by atoms with van der Waals surface area (Å²) in [6.07, 6.45) is -2.50. The highest BCUT2D eigenvalue weighted by Crippen LogP contribution is 2.23. The first-order chi connectivity index (χ1) is 9.40. The topological polar surface area (TPSA) is 45.8 Å². The second kappa shape index (κ2) is 5.99. The molecule has 0 amide bonds. The first-order valence-corrected chi connectivity index (χ1v) is 7.16. The van der Waals surface area contributed by atoms with Crippen LogP contribution < -0.4 is 5.56 Å². The molecule has 0 atom stereocenters. The minimum absolute atomic E-state index is 0.0503. The summed E-state index contributed by atoms with van der Waals surface area (Å²) in [6.45, 7) is 3.90. The second-order valence-electron chi connectivity index (χ2n) is 4.69. The molecule has 1 heterocycles. The molecule has 0 unspecified atom stereocenters. The highest BCUT2D eigenvalue weighted by Gasteiger charge is 2.13. The minimum atomic E-state index is -2.50. The Balaban J connectivity index is 2.50. The van der Waals surface area contributed by atoms with E-state index in [1.165, 1.54) is 24.3 Å². The molecule has 2 rings (SSSR count). The third-order valence-electron chi connectivity index (χ3n) is 2.87. The van der Waals surface area contributed by atoms with Gasteiger partial charge in [0.05, 0.1) is 9.26 Å². The van der Waals surface area contributed by atoms with Crippen LogP contribution in [0, 0.1) is 3.57 Å².